The van der Waals surface area contributed by atoms with Crippen LogP contribution in [0, 0.1) is 12.7 Å². The van der Waals surface area contributed by atoms with Crippen molar-refractivity contribution in [2.24, 2.45) is 0 Å². The number of phenols is 1. The van der Waals surface area contributed by atoms with E-state index in [9.17, 15) is 14.3 Å². The Labute approximate surface area is 77.2 Å². The summed E-state index contributed by atoms with van der Waals surface area (Å²) in [6.45, 7) is 1.59. The number of aromatic hydroxyl groups is 1. The van der Waals surface area contributed by atoms with Crippen LogP contribution in [0.4, 0.5) is 4.39 Å². The molecule has 0 aliphatic rings. The highest BCUT2D eigenvalue weighted by Crippen LogP contribution is 2.31. The number of aldehydes is 1. The maximum absolute atomic E-state index is 13.0. The number of aryl methyl sites for hydroxylation is 1. The molecule has 1 N–H and O–H groups in total. The van der Waals surface area contributed by atoms with Crippen LogP contribution in [0.15, 0.2) is 10.5 Å². The summed E-state index contributed by atoms with van der Waals surface area (Å²) in [5, 5.41) is 9.20. The molecule has 1 aromatic rings. The molecular weight excluding hydrogens is 227 g/mol. The van der Waals surface area contributed by atoms with E-state index < -0.39 is 5.82 Å². The third kappa shape index (κ3) is 1.34. The number of halogens is 2. The molecule has 0 radical (unpaired) electrons. The standard InChI is InChI=1S/C8H6BrFO2/c1-4-2-5(3-11)7(10)6(9)8(4)12/h2-3,12H,1H3. The van der Waals surface area contributed by atoms with Gasteiger partial charge in [-0.25, -0.2) is 4.39 Å². The van der Waals surface area contributed by atoms with Crippen molar-refractivity contribution >= 4 is 22.2 Å². The minimum absolute atomic E-state index is 0.0582. The molecule has 1 aromatic carbocycles. The molecule has 1 rings (SSSR count). The van der Waals surface area contributed by atoms with Crippen LogP contribution in [0.5, 0.6) is 5.75 Å². The van der Waals surface area contributed by atoms with Gasteiger partial charge in [-0.15, -0.1) is 0 Å². The molecule has 64 valence electrons. The van der Waals surface area contributed by atoms with Crippen molar-refractivity contribution in [1.29, 1.82) is 0 Å². The topological polar surface area (TPSA) is 37.3 Å². The van der Waals surface area contributed by atoms with Crippen molar-refractivity contribution in [1.82, 2.24) is 0 Å². The fourth-order valence-corrected chi connectivity index (χ4v) is 1.40. The van der Waals surface area contributed by atoms with Gasteiger partial charge in [0, 0.05) is 0 Å². The molecule has 0 aliphatic heterocycles. The second kappa shape index (κ2) is 3.23. The zero-order valence-corrected chi connectivity index (χ0v) is 7.85. The van der Waals surface area contributed by atoms with E-state index in [1.54, 1.807) is 6.92 Å². The largest absolute Gasteiger partial charge is 0.506 e. The second-order valence-corrected chi connectivity index (χ2v) is 3.17. The Morgan fingerprint density at radius 2 is 2.25 bits per heavy atom. The van der Waals surface area contributed by atoms with Gasteiger partial charge in [0.25, 0.3) is 0 Å². The molecule has 0 atom stereocenters. The first-order valence-electron chi connectivity index (χ1n) is 3.20. The normalized spacial score (nSPS) is 9.92. The van der Waals surface area contributed by atoms with Crippen molar-refractivity contribution in [3.8, 4) is 5.75 Å². The van der Waals surface area contributed by atoms with E-state index in [-0.39, 0.29) is 15.8 Å². The third-order valence-electron chi connectivity index (χ3n) is 1.53. The van der Waals surface area contributed by atoms with Gasteiger partial charge in [0.15, 0.2) is 12.1 Å². The molecule has 2 nitrogen and oxygen atoms in total. The van der Waals surface area contributed by atoms with E-state index in [1.807, 2.05) is 0 Å². The minimum atomic E-state index is -0.729. The zero-order valence-electron chi connectivity index (χ0n) is 6.27. The monoisotopic (exact) mass is 232 g/mol. The van der Waals surface area contributed by atoms with Gasteiger partial charge >= 0.3 is 0 Å². The predicted molar refractivity (Wildman–Crippen MR) is 45.9 cm³/mol. The third-order valence-corrected chi connectivity index (χ3v) is 2.25. The Morgan fingerprint density at radius 3 is 2.75 bits per heavy atom. The fourth-order valence-electron chi connectivity index (χ4n) is 0.855. The summed E-state index contributed by atoms with van der Waals surface area (Å²) in [4.78, 5) is 10.3. The molecule has 0 fully saturated rings. The molecule has 4 heteroatoms. The van der Waals surface area contributed by atoms with E-state index in [1.165, 1.54) is 6.07 Å². The molecule has 0 saturated carbocycles. The first-order chi connectivity index (χ1) is 5.57. The van der Waals surface area contributed by atoms with Gasteiger partial charge in [-0.3, -0.25) is 4.79 Å². The first kappa shape index (κ1) is 9.19. The van der Waals surface area contributed by atoms with Gasteiger partial charge in [-0.1, -0.05) is 0 Å². The quantitative estimate of drug-likeness (QED) is 0.756. The van der Waals surface area contributed by atoms with Crippen LogP contribution in [-0.4, -0.2) is 11.4 Å². The van der Waals surface area contributed by atoms with Gasteiger partial charge in [0.1, 0.15) is 5.75 Å². The fraction of sp³-hybridized carbons (Fsp3) is 0.125. The minimum Gasteiger partial charge on any atom is -0.506 e. The lowest BCUT2D eigenvalue weighted by molar-refractivity contribution is 0.111. The van der Waals surface area contributed by atoms with E-state index in [0.29, 0.717) is 11.8 Å². The van der Waals surface area contributed by atoms with Crippen LogP contribution >= 0.6 is 15.9 Å². The number of hydrogen-bond donors (Lipinski definition) is 1. The Bertz CT molecular complexity index is 336. The Morgan fingerprint density at radius 1 is 1.67 bits per heavy atom. The summed E-state index contributed by atoms with van der Waals surface area (Å²) in [6, 6.07) is 1.29. The van der Waals surface area contributed by atoms with Crippen LogP contribution in [0.2, 0.25) is 0 Å². The van der Waals surface area contributed by atoms with Gasteiger partial charge in [0.2, 0.25) is 0 Å². The van der Waals surface area contributed by atoms with Gasteiger partial charge in [0.05, 0.1) is 10.0 Å². The maximum Gasteiger partial charge on any atom is 0.153 e. The van der Waals surface area contributed by atoms with Crippen LogP contribution in [0.1, 0.15) is 15.9 Å². The summed E-state index contributed by atoms with van der Waals surface area (Å²) >= 11 is 2.84. The number of carbonyl (C=O) groups is 1. The molecule has 0 saturated heterocycles. The highest BCUT2D eigenvalue weighted by atomic mass is 79.9. The highest BCUT2D eigenvalue weighted by molar-refractivity contribution is 9.10. The lowest BCUT2D eigenvalue weighted by atomic mass is 10.1. The lowest BCUT2D eigenvalue weighted by Gasteiger charge is -2.04. The van der Waals surface area contributed by atoms with E-state index >= 15 is 0 Å². The number of carbonyl (C=O) groups excluding carboxylic acids is 1. The molecule has 0 heterocycles. The average Bonchev–Trinajstić information content (AvgIpc) is 2.08. The van der Waals surface area contributed by atoms with Crippen molar-refractivity contribution < 1.29 is 14.3 Å². The maximum atomic E-state index is 13.0. The molecule has 0 bridgehead atoms. The molecular formula is C8H6BrFO2. The van der Waals surface area contributed by atoms with Crippen LogP contribution < -0.4 is 0 Å². The number of hydrogen-bond acceptors (Lipinski definition) is 2. The zero-order chi connectivity index (χ0) is 9.30. The Balaban J connectivity index is 3.49. The average molecular weight is 233 g/mol. The van der Waals surface area contributed by atoms with E-state index in [4.69, 9.17) is 0 Å². The Kier molecular flexibility index (Phi) is 2.47. The summed E-state index contributed by atoms with van der Waals surface area (Å²) in [5.74, 6) is -0.897. The van der Waals surface area contributed by atoms with Crippen LogP contribution in [0.3, 0.4) is 0 Å². The van der Waals surface area contributed by atoms with Gasteiger partial charge in [-0.2, -0.15) is 0 Å². The van der Waals surface area contributed by atoms with E-state index in [0.717, 1.165) is 0 Å². The molecule has 0 amide bonds. The number of benzene rings is 1. The van der Waals surface area contributed by atoms with Crippen molar-refractivity contribution in [2.45, 2.75) is 6.92 Å². The molecule has 0 unspecified atom stereocenters. The SMILES string of the molecule is Cc1cc(C=O)c(F)c(Br)c1O. The summed E-state index contributed by atoms with van der Waals surface area (Å²) < 4.78 is 12.9. The van der Waals surface area contributed by atoms with Crippen LogP contribution in [-0.2, 0) is 0 Å². The van der Waals surface area contributed by atoms with Crippen molar-refractivity contribution in [3.63, 3.8) is 0 Å². The van der Waals surface area contributed by atoms with Gasteiger partial charge in [-0.05, 0) is 34.5 Å². The highest BCUT2D eigenvalue weighted by Gasteiger charge is 2.12. The van der Waals surface area contributed by atoms with Crippen LogP contribution in [0.25, 0.3) is 0 Å². The number of rotatable bonds is 1. The molecule has 12 heavy (non-hydrogen) atoms. The molecule has 0 aromatic heterocycles. The summed E-state index contributed by atoms with van der Waals surface area (Å²) in [5.41, 5.74) is 0.405. The van der Waals surface area contributed by atoms with Gasteiger partial charge < -0.3 is 5.11 Å². The number of phenolic OH excluding ortho intramolecular Hbond substituents is 1. The Hall–Kier alpha value is -0.900. The second-order valence-electron chi connectivity index (χ2n) is 2.38. The smallest absolute Gasteiger partial charge is 0.153 e. The predicted octanol–water partition coefficient (Wildman–Crippen LogP) is 2.41. The summed E-state index contributed by atoms with van der Waals surface area (Å²) in [6.07, 6.45) is 0.409. The molecule has 0 aliphatic carbocycles. The first-order valence-corrected chi connectivity index (χ1v) is 4.00. The lowest BCUT2D eigenvalue weighted by Crippen LogP contribution is -1.91. The van der Waals surface area contributed by atoms with Crippen molar-refractivity contribution in [2.75, 3.05) is 0 Å². The molecule has 0 spiro atoms. The summed E-state index contributed by atoms with van der Waals surface area (Å²) in [7, 11) is 0. The van der Waals surface area contributed by atoms with Crippen molar-refractivity contribution in [3.05, 3.63) is 27.5 Å². The van der Waals surface area contributed by atoms with E-state index in [2.05, 4.69) is 15.9 Å².